The number of halogens is 1. The zero-order chi connectivity index (χ0) is 15.7. The zero-order valence-corrected chi connectivity index (χ0v) is 12.8. The van der Waals surface area contributed by atoms with Crippen LogP contribution in [0.5, 0.6) is 5.75 Å². The van der Waals surface area contributed by atoms with E-state index in [2.05, 4.69) is 21.8 Å². The molecule has 4 nitrogen and oxygen atoms in total. The van der Waals surface area contributed by atoms with Crippen LogP contribution in [-0.4, -0.2) is 29.2 Å². The zero-order valence-electron chi connectivity index (χ0n) is 12.0. The number of hydrogen-bond acceptors (Lipinski definition) is 5. The van der Waals surface area contributed by atoms with Gasteiger partial charge in [-0.3, -0.25) is 0 Å². The Labute approximate surface area is 130 Å². The molecule has 3 aromatic rings. The lowest BCUT2D eigenvalue weighted by atomic mass is 10.3. The molecule has 1 N–H and O–H groups in total. The van der Waals surface area contributed by atoms with Crippen molar-refractivity contribution in [2.75, 3.05) is 19.0 Å². The van der Waals surface area contributed by atoms with Crippen molar-refractivity contribution in [3.05, 3.63) is 47.0 Å². The maximum Gasteiger partial charge on any atom is 0.168 e. The third kappa shape index (κ3) is 2.85. The quantitative estimate of drug-likeness (QED) is 0.702. The van der Waals surface area contributed by atoms with Crippen LogP contribution in [0.25, 0.3) is 10.2 Å². The maximum atomic E-state index is 13.8. The second-order valence-corrected chi connectivity index (χ2v) is 5.87. The number of rotatable bonds is 1. The van der Waals surface area contributed by atoms with Crippen LogP contribution in [-0.2, 0) is 0 Å². The Morgan fingerprint density at radius 1 is 1.23 bits per heavy atom. The number of aromatic nitrogens is 2. The van der Waals surface area contributed by atoms with Crippen molar-refractivity contribution in [1.29, 1.82) is 0 Å². The summed E-state index contributed by atoms with van der Waals surface area (Å²) < 4.78 is 14.7. The van der Waals surface area contributed by atoms with E-state index in [-0.39, 0.29) is 11.6 Å². The summed E-state index contributed by atoms with van der Waals surface area (Å²) in [5, 5.41) is 10.0. The van der Waals surface area contributed by atoms with Crippen molar-refractivity contribution in [2.24, 2.45) is 0 Å². The van der Waals surface area contributed by atoms with Gasteiger partial charge in [-0.25, -0.2) is 14.4 Å². The fraction of sp³-hybridized carbons (Fsp3) is 0.125. The van der Waals surface area contributed by atoms with Crippen molar-refractivity contribution in [2.45, 2.75) is 0 Å². The third-order valence-corrected chi connectivity index (χ3v) is 3.92. The predicted octanol–water partition coefficient (Wildman–Crippen LogP) is 3.00. The van der Waals surface area contributed by atoms with Gasteiger partial charge in [0.15, 0.2) is 10.8 Å². The SMILES string of the molecule is CN(C)c1cnc(C#Cc2nc3ccc(O)cc3s2)cc1F. The van der Waals surface area contributed by atoms with Gasteiger partial charge in [0, 0.05) is 20.2 Å². The number of benzene rings is 1. The van der Waals surface area contributed by atoms with Crippen molar-refractivity contribution < 1.29 is 9.50 Å². The Balaban J connectivity index is 1.92. The van der Waals surface area contributed by atoms with E-state index in [1.807, 2.05) is 0 Å². The van der Waals surface area contributed by atoms with Crippen molar-refractivity contribution in [3.63, 3.8) is 0 Å². The van der Waals surface area contributed by atoms with Gasteiger partial charge in [0.2, 0.25) is 0 Å². The van der Waals surface area contributed by atoms with E-state index in [4.69, 9.17) is 0 Å². The van der Waals surface area contributed by atoms with Crippen LogP contribution < -0.4 is 4.90 Å². The van der Waals surface area contributed by atoms with Gasteiger partial charge >= 0.3 is 0 Å². The van der Waals surface area contributed by atoms with Gasteiger partial charge < -0.3 is 10.0 Å². The Morgan fingerprint density at radius 2 is 2.05 bits per heavy atom. The maximum absolute atomic E-state index is 13.8. The summed E-state index contributed by atoms with van der Waals surface area (Å²) in [6, 6.07) is 6.26. The normalized spacial score (nSPS) is 10.3. The lowest BCUT2D eigenvalue weighted by Gasteiger charge is -2.12. The Kier molecular flexibility index (Phi) is 3.65. The van der Waals surface area contributed by atoms with Crippen LogP contribution >= 0.6 is 11.3 Å². The number of hydrogen-bond donors (Lipinski definition) is 1. The lowest BCUT2D eigenvalue weighted by Crippen LogP contribution is -2.11. The van der Waals surface area contributed by atoms with E-state index in [0.717, 1.165) is 10.2 Å². The molecule has 0 spiro atoms. The van der Waals surface area contributed by atoms with Crippen LogP contribution in [0, 0.1) is 17.7 Å². The Bertz CT molecular complexity index is 909. The van der Waals surface area contributed by atoms with E-state index < -0.39 is 0 Å². The first-order valence-corrected chi connectivity index (χ1v) is 7.29. The molecular weight excluding hydrogens is 301 g/mol. The molecule has 110 valence electrons. The van der Waals surface area contributed by atoms with E-state index >= 15 is 0 Å². The molecule has 0 aliphatic rings. The molecule has 0 unspecified atom stereocenters. The van der Waals surface area contributed by atoms with E-state index in [0.29, 0.717) is 16.4 Å². The van der Waals surface area contributed by atoms with Gasteiger partial charge in [0.1, 0.15) is 11.4 Å². The Hall–Kier alpha value is -2.65. The molecule has 3 rings (SSSR count). The molecule has 0 aliphatic carbocycles. The standard InChI is InChI=1S/C16H12FN3OS/c1-20(2)14-9-18-10(7-12(14)17)3-6-16-19-13-5-4-11(21)8-15(13)22-16/h4-5,7-9,21H,1-2H3. The average molecular weight is 313 g/mol. The van der Waals surface area contributed by atoms with E-state index in [1.165, 1.54) is 23.6 Å². The third-order valence-electron chi connectivity index (χ3n) is 2.99. The summed E-state index contributed by atoms with van der Waals surface area (Å²) in [7, 11) is 3.50. The topological polar surface area (TPSA) is 49.2 Å². The highest BCUT2D eigenvalue weighted by Gasteiger charge is 2.06. The van der Waals surface area contributed by atoms with Gasteiger partial charge in [0.05, 0.1) is 22.1 Å². The minimum atomic E-state index is -0.362. The average Bonchev–Trinajstić information content (AvgIpc) is 2.86. The smallest absolute Gasteiger partial charge is 0.168 e. The minimum Gasteiger partial charge on any atom is -0.508 e. The molecule has 2 heterocycles. The molecule has 1 aromatic carbocycles. The Morgan fingerprint density at radius 3 is 2.77 bits per heavy atom. The van der Waals surface area contributed by atoms with Crippen molar-refractivity contribution >= 4 is 27.2 Å². The summed E-state index contributed by atoms with van der Waals surface area (Å²) in [5.41, 5.74) is 1.54. The van der Waals surface area contributed by atoms with Gasteiger partial charge in [0.25, 0.3) is 0 Å². The van der Waals surface area contributed by atoms with Crippen LogP contribution in [0.3, 0.4) is 0 Å². The number of thiazole rings is 1. The highest BCUT2D eigenvalue weighted by Crippen LogP contribution is 2.25. The minimum absolute atomic E-state index is 0.193. The highest BCUT2D eigenvalue weighted by molar-refractivity contribution is 7.19. The van der Waals surface area contributed by atoms with Gasteiger partial charge in [-0.2, -0.15) is 0 Å². The van der Waals surface area contributed by atoms with Crippen LogP contribution in [0.15, 0.2) is 30.5 Å². The number of fused-ring (bicyclic) bond motifs is 1. The van der Waals surface area contributed by atoms with E-state index in [9.17, 15) is 9.50 Å². The summed E-state index contributed by atoms with van der Waals surface area (Å²) in [4.78, 5) is 10.1. The number of phenolic OH excluding ortho intramolecular Hbond substituents is 1. The van der Waals surface area contributed by atoms with Crippen molar-refractivity contribution in [1.82, 2.24) is 9.97 Å². The molecule has 0 saturated carbocycles. The van der Waals surface area contributed by atoms with Crippen LogP contribution in [0.1, 0.15) is 10.7 Å². The second kappa shape index (κ2) is 5.62. The van der Waals surface area contributed by atoms with Crippen LogP contribution in [0.4, 0.5) is 10.1 Å². The molecule has 22 heavy (non-hydrogen) atoms. The molecule has 6 heteroatoms. The molecule has 2 aromatic heterocycles. The molecule has 0 radical (unpaired) electrons. The number of anilines is 1. The largest absolute Gasteiger partial charge is 0.508 e. The molecule has 0 fully saturated rings. The molecule has 0 aliphatic heterocycles. The molecule has 0 amide bonds. The first-order chi connectivity index (χ1) is 10.5. The van der Waals surface area contributed by atoms with Gasteiger partial charge in [-0.15, -0.1) is 11.3 Å². The monoisotopic (exact) mass is 313 g/mol. The highest BCUT2D eigenvalue weighted by atomic mass is 32.1. The van der Waals surface area contributed by atoms with E-state index in [1.54, 1.807) is 37.2 Å². The van der Waals surface area contributed by atoms with Gasteiger partial charge in [-0.05, 0) is 30.0 Å². The molecule has 0 atom stereocenters. The summed E-state index contributed by atoms with van der Waals surface area (Å²) in [6.07, 6.45) is 1.45. The molecule has 0 bridgehead atoms. The van der Waals surface area contributed by atoms with Gasteiger partial charge in [-0.1, -0.05) is 0 Å². The fourth-order valence-corrected chi connectivity index (χ4v) is 2.76. The summed E-state index contributed by atoms with van der Waals surface area (Å²) in [6.45, 7) is 0. The predicted molar refractivity (Wildman–Crippen MR) is 85.8 cm³/mol. The van der Waals surface area contributed by atoms with Crippen molar-refractivity contribution in [3.8, 4) is 17.6 Å². The number of aromatic hydroxyl groups is 1. The van der Waals surface area contributed by atoms with Crippen LogP contribution in [0.2, 0.25) is 0 Å². The lowest BCUT2D eigenvalue weighted by molar-refractivity contribution is 0.476. The summed E-state index contributed by atoms with van der Waals surface area (Å²) >= 11 is 1.37. The number of pyridine rings is 1. The number of nitrogens with zero attached hydrogens (tertiary/aromatic N) is 3. The second-order valence-electron chi connectivity index (χ2n) is 4.84. The number of phenols is 1. The first-order valence-electron chi connectivity index (χ1n) is 6.47. The molecular formula is C16H12FN3OS. The summed E-state index contributed by atoms with van der Waals surface area (Å²) in [5.74, 6) is 5.52. The molecule has 0 saturated heterocycles. The first kappa shape index (κ1) is 14.3. The fourth-order valence-electron chi connectivity index (χ4n) is 1.91.